The van der Waals surface area contributed by atoms with Gasteiger partial charge in [0.1, 0.15) is 0 Å². The Hall–Kier alpha value is -1.36. The third kappa shape index (κ3) is 5.16. The van der Waals surface area contributed by atoms with Crippen LogP contribution in [0.2, 0.25) is 0 Å². The summed E-state index contributed by atoms with van der Waals surface area (Å²) < 4.78 is 30.2. The van der Waals surface area contributed by atoms with Gasteiger partial charge in [0, 0.05) is 0 Å². The first-order valence-electron chi connectivity index (χ1n) is 7.49. The highest BCUT2D eigenvalue weighted by atomic mass is 32.2. The van der Waals surface area contributed by atoms with Crippen molar-refractivity contribution in [3.63, 3.8) is 0 Å². The molecule has 0 N–H and O–H groups in total. The molecule has 0 amide bonds. The molecule has 0 saturated carbocycles. The molecule has 5 heteroatoms. The van der Waals surface area contributed by atoms with Crippen molar-refractivity contribution >= 4 is 15.8 Å². The van der Waals surface area contributed by atoms with Crippen LogP contribution in [0.25, 0.3) is 0 Å². The summed E-state index contributed by atoms with van der Waals surface area (Å²) >= 11 is 0. The summed E-state index contributed by atoms with van der Waals surface area (Å²) in [5.74, 6) is -0.641. The van der Waals surface area contributed by atoms with Gasteiger partial charge in [-0.1, -0.05) is 50.8 Å². The molecule has 0 fully saturated rings. The highest BCUT2D eigenvalue weighted by molar-refractivity contribution is 7.92. The van der Waals surface area contributed by atoms with Crippen LogP contribution >= 0.6 is 0 Å². The maximum atomic E-state index is 12.6. The normalized spacial score (nSPS) is 12.9. The van der Waals surface area contributed by atoms with Gasteiger partial charge in [-0.15, -0.1) is 0 Å². The Morgan fingerprint density at radius 2 is 1.76 bits per heavy atom. The molecule has 1 aromatic rings. The average molecular weight is 312 g/mol. The average Bonchev–Trinajstić information content (AvgIpc) is 2.48. The Labute approximate surface area is 127 Å². The minimum absolute atomic E-state index is 0.179. The van der Waals surface area contributed by atoms with Gasteiger partial charge >= 0.3 is 5.97 Å². The second kappa shape index (κ2) is 8.82. The van der Waals surface area contributed by atoms with Crippen LogP contribution in [0.4, 0.5) is 0 Å². The Morgan fingerprint density at radius 3 is 2.33 bits per heavy atom. The number of ether oxygens (including phenoxy) is 1. The summed E-state index contributed by atoms with van der Waals surface area (Å²) in [6.07, 6.45) is 4.06. The van der Waals surface area contributed by atoms with Crippen LogP contribution in [-0.2, 0) is 19.4 Å². The minimum Gasteiger partial charge on any atom is -0.465 e. The number of sulfone groups is 1. The van der Waals surface area contributed by atoms with E-state index in [0.29, 0.717) is 12.8 Å². The molecule has 1 aromatic carbocycles. The van der Waals surface area contributed by atoms with Gasteiger partial charge < -0.3 is 4.74 Å². The molecule has 0 bridgehead atoms. The third-order valence-corrected chi connectivity index (χ3v) is 5.42. The van der Waals surface area contributed by atoms with Crippen molar-refractivity contribution in [1.29, 1.82) is 0 Å². The van der Waals surface area contributed by atoms with Crippen LogP contribution in [0.1, 0.15) is 46.0 Å². The number of hydrogen-bond donors (Lipinski definition) is 0. The minimum atomic E-state index is -3.68. The first kappa shape index (κ1) is 17.7. The van der Waals surface area contributed by atoms with E-state index in [9.17, 15) is 13.2 Å². The van der Waals surface area contributed by atoms with Crippen molar-refractivity contribution in [2.75, 3.05) is 6.61 Å². The van der Waals surface area contributed by atoms with E-state index in [1.54, 1.807) is 25.1 Å². The van der Waals surface area contributed by atoms with E-state index in [-0.39, 0.29) is 11.5 Å². The molecule has 1 rings (SSSR count). The first-order chi connectivity index (χ1) is 10.0. The lowest BCUT2D eigenvalue weighted by atomic mass is 10.1. The van der Waals surface area contributed by atoms with Crippen molar-refractivity contribution in [1.82, 2.24) is 0 Å². The summed E-state index contributed by atoms with van der Waals surface area (Å²) in [5.41, 5.74) is 0. The summed E-state index contributed by atoms with van der Waals surface area (Å²) in [5, 5.41) is -1.10. The topological polar surface area (TPSA) is 60.4 Å². The maximum Gasteiger partial charge on any atom is 0.324 e. The zero-order valence-corrected chi connectivity index (χ0v) is 13.6. The lowest BCUT2D eigenvalue weighted by molar-refractivity contribution is -0.142. The van der Waals surface area contributed by atoms with Gasteiger partial charge in [-0.3, -0.25) is 4.79 Å². The second-order valence-corrected chi connectivity index (χ2v) is 7.08. The molecule has 21 heavy (non-hydrogen) atoms. The molecule has 0 saturated heterocycles. The molecular weight excluding hydrogens is 288 g/mol. The standard InChI is InChI=1S/C16H24O4S/c1-3-5-6-10-13-15(16(17)20-4-2)21(18,19)14-11-8-7-9-12-14/h7-9,11-12,15H,3-6,10,13H2,1-2H3. The van der Waals surface area contributed by atoms with Gasteiger partial charge in [-0.05, 0) is 25.5 Å². The molecule has 4 nitrogen and oxygen atoms in total. The lowest BCUT2D eigenvalue weighted by Gasteiger charge is -2.16. The Kier molecular flexibility index (Phi) is 7.43. The number of unbranched alkanes of at least 4 members (excludes halogenated alkanes) is 3. The van der Waals surface area contributed by atoms with Gasteiger partial charge in [0.2, 0.25) is 0 Å². The molecule has 1 unspecified atom stereocenters. The molecule has 0 spiro atoms. The Bertz CT molecular complexity index is 522. The fourth-order valence-electron chi connectivity index (χ4n) is 2.17. The van der Waals surface area contributed by atoms with Gasteiger partial charge in [-0.2, -0.15) is 0 Å². The Morgan fingerprint density at radius 1 is 1.10 bits per heavy atom. The molecule has 1 atom stereocenters. The van der Waals surface area contributed by atoms with Crippen LogP contribution in [-0.4, -0.2) is 26.2 Å². The van der Waals surface area contributed by atoms with Crippen LogP contribution < -0.4 is 0 Å². The van der Waals surface area contributed by atoms with E-state index in [1.807, 2.05) is 0 Å². The number of carbonyl (C=O) groups excluding carboxylic acids is 1. The van der Waals surface area contributed by atoms with Crippen LogP contribution in [0.3, 0.4) is 0 Å². The molecule has 0 aliphatic carbocycles. The van der Waals surface area contributed by atoms with Gasteiger partial charge in [0.05, 0.1) is 11.5 Å². The zero-order chi connectivity index (χ0) is 15.7. The number of rotatable bonds is 9. The molecular formula is C16H24O4S. The highest BCUT2D eigenvalue weighted by Crippen LogP contribution is 2.21. The number of carbonyl (C=O) groups is 1. The SMILES string of the molecule is CCCCCCC(C(=O)OCC)S(=O)(=O)c1ccccc1. The monoisotopic (exact) mass is 312 g/mol. The van der Waals surface area contributed by atoms with Crippen LogP contribution in [0.5, 0.6) is 0 Å². The van der Waals surface area contributed by atoms with Gasteiger partial charge in [-0.25, -0.2) is 8.42 Å². The molecule has 0 radical (unpaired) electrons. The first-order valence-corrected chi connectivity index (χ1v) is 9.04. The van der Waals surface area contributed by atoms with Crippen molar-refractivity contribution in [3.05, 3.63) is 30.3 Å². The van der Waals surface area contributed by atoms with Crippen molar-refractivity contribution in [2.45, 2.75) is 56.1 Å². The highest BCUT2D eigenvalue weighted by Gasteiger charge is 2.34. The predicted molar refractivity (Wildman–Crippen MR) is 82.8 cm³/mol. The Balaban J connectivity index is 2.91. The number of benzene rings is 1. The fraction of sp³-hybridized carbons (Fsp3) is 0.562. The van der Waals surface area contributed by atoms with Crippen molar-refractivity contribution in [3.8, 4) is 0 Å². The summed E-state index contributed by atoms with van der Waals surface area (Å²) in [4.78, 5) is 12.2. The van der Waals surface area contributed by atoms with E-state index in [2.05, 4.69) is 6.92 Å². The summed E-state index contributed by atoms with van der Waals surface area (Å²) in [6.45, 7) is 3.96. The van der Waals surface area contributed by atoms with E-state index in [4.69, 9.17) is 4.74 Å². The van der Waals surface area contributed by atoms with Crippen LogP contribution in [0.15, 0.2) is 35.2 Å². The molecule has 0 aliphatic heterocycles. The zero-order valence-electron chi connectivity index (χ0n) is 12.7. The molecule has 0 heterocycles. The van der Waals surface area contributed by atoms with Gasteiger partial charge in [0.15, 0.2) is 15.1 Å². The predicted octanol–water partition coefficient (Wildman–Crippen LogP) is 3.36. The second-order valence-electron chi connectivity index (χ2n) is 4.95. The van der Waals surface area contributed by atoms with Crippen LogP contribution in [0, 0.1) is 0 Å². The van der Waals surface area contributed by atoms with Gasteiger partial charge in [0.25, 0.3) is 0 Å². The van der Waals surface area contributed by atoms with Crippen molar-refractivity contribution < 1.29 is 17.9 Å². The maximum absolute atomic E-state index is 12.6. The lowest BCUT2D eigenvalue weighted by Crippen LogP contribution is -2.32. The molecule has 0 aromatic heterocycles. The fourth-order valence-corrected chi connectivity index (χ4v) is 3.83. The largest absolute Gasteiger partial charge is 0.465 e. The third-order valence-electron chi connectivity index (χ3n) is 3.32. The quantitative estimate of drug-likeness (QED) is 0.518. The molecule has 118 valence electrons. The molecule has 0 aliphatic rings. The summed E-state index contributed by atoms with van der Waals surface area (Å²) in [7, 11) is -3.68. The van der Waals surface area contributed by atoms with E-state index >= 15 is 0 Å². The summed E-state index contributed by atoms with van der Waals surface area (Å²) in [6, 6.07) is 8.11. The number of esters is 1. The van der Waals surface area contributed by atoms with E-state index in [1.165, 1.54) is 12.1 Å². The van der Waals surface area contributed by atoms with E-state index < -0.39 is 21.1 Å². The van der Waals surface area contributed by atoms with Crippen molar-refractivity contribution in [2.24, 2.45) is 0 Å². The van der Waals surface area contributed by atoms with E-state index in [0.717, 1.165) is 19.3 Å². The number of hydrogen-bond acceptors (Lipinski definition) is 4. The smallest absolute Gasteiger partial charge is 0.324 e.